The third-order valence-electron chi connectivity index (χ3n) is 5.64. The van der Waals surface area contributed by atoms with Gasteiger partial charge in [-0.25, -0.2) is 0 Å². The monoisotopic (exact) mass is 625 g/mol. The zero-order chi connectivity index (χ0) is 27.1. The molecule has 0 radical (unpaired) electrons. The van der Waals surface area contributed by atoms with Crippen LogP contribution in [0, 0.1) is 5.92 Å². The molecule has 1 aliphatic rings. The molecule has 12 heteroatoms. The van der Waals surface area contributed by atoms with Crippen LogP contribution in [-0.2, 0) is 11.2 Å². The number of nitrogens with one attached hydrogen (secondary N) is 1. The van der Waals surface area contributed by atoms with Gasteiger partial charge in [0.15, 0.2) is 5.78 Å². The standard InChI is InChI=1S/C25H15Cl5F3NO2S/c26-14-8-13(9-15(27)10-14)21-22(24(21,29)30)23(36)34-16-3-6-19(28)18(11-16)20(35)7-12-1-4-17(5-2-12)37-25(31,32)33/h1-6,8-11,21-22H,7H2,(H,34,36). The third kappa shape index (κ3) is 6.88. The molecule has 0 saturated heterocycles. The molecule has 1 amide bonds. The van der Waals surface area contributed by atoms with Crippen LogP contribution < -0.4 is 5.32 Å². The fraction of sp³-hybridized carbons (Fsp3) is 0.200. The Morgan fingerprint density at radius 1 is 0.919 bits per heavy atom. The van der Waals surface area contributed by atoms with E-state index >= 15 is 0 Å². The fourth-order valence-corrected chi connectivity index (χ4v) is 6.08. The number of alkyl halides is 5. The number of hydrogen-bond donors (Lipinski definition) is 1. The van der Waals surface area contributed by atoms with Gasteiger partial charge >= 0.3 is 5.51 Å². The Hall–Kier alpha value is -1.61. The van der Waals surface area contributed by atoms with Crippen LogP contribution in [0.25, 0.3) is 0 Å². The highest BCUT2D eigenvalue weighted by molar-refractivity contribution is 8.00. The number of carbonyl (C=O) groups excluding carboxylic acids is 2. The summed E-state index contributed by atoms with van der Waals surface area (Å²) in [6.45, 7) is 0. The first-order valence-electron chi connectivity index (χ1n) is 10.6. The Balaban J connectivity index is 1.46. The van der Waals surface area contributed by atoms with E-state index in [2.05, 4.69) is 5.32 Å². The molecule has 0 bridgehead atoms. The number of ketones is 1. The smallest absolute Gasteiger partial charge is 0.326 e. The van der Waals surface area contributed by atoms with Crippen LogP contribution in [0.5, 0.6) is 0 Å². The second-order valence-electron chi connectivity index (χ2n) is 8.31. The molecule has 3 aromatic rings. The van der Waals surface area contributed by atoms with Gasteiger partial charge in [0.25, 0.3) is 0 Å². The van der Waals surface area contributed by atoms with Gasteiger partial charge < -0.3 is 5.32 Å². The average molecular weight is 628 g/mol. The Labute approximate surface area is 239 Å². The zero-order valence-electron chi connectivity index (χ0n) is 18.4. The SMILES string of the molecule is O=C(Cc1ccc(SC(F)(F)F)cc1)c1cc(NC(=O)C2C(c3cc(Cl)cc(Cl)c3)C2(Cl)Cl)ccc1Cl. The van der Waals surface area contributed by atoms with Gasteiger partial charge in [-0.3, -0.25) is 9.59 Å². The van der Waals surface area contributed by atoms with Crippen LogP contribution in [-0.4, -0.2) is 21.5 Å². The number of Topliss-reactive ketones (excluding diaryl/α,β-unsaturated/α-hetero) is 1. The number of amides is 1. The Morgan fingerprint density at radius 3 is 2.14 bits per heavy atom. The molecule has 2 unspecified atom stereocenters. The summed E-state index contributed by atoms with van der Waals surface area (Å²) in [7, 11) is 0. The van der Waals surface area contributed by atoms with Crippen molar-refractivity contribution in [2.24, 2.45) is 5.92 Å². The summed E-state index contributed by atoms with van der Waals surface area (Å²) in [5.41, 5.74) is -2.82. The molecule has 194 valence electrons. The van der Waals surface area contributed by atoms with E-state index in [1.807, 2.05) is 0 Å². The van der Waals surface area contributed by atoms with Crippen molar-refractivity contribution in [3.05, 3.63) is 92.4 Å². The Kier molecular flexibility index (Phi) is 8.34. The van der Waals surface area contributed by atoms with Gasteiger partial charge in [-0.1, -0.05) is 46.9 Å². The van der Waals surface area contributed by atoms with Gasteiger partial charge in [0.2, 0.25) is 5.91 Å². The molecule has 1 aliphatic carbocycles. The Morgan fingerprint density at radius 2 is 1.54 bits per heavy atom. The van der Waals surface area contributed by atoms with Crippen molar-refractivity contribution in [1.82, 2.24) is 0 Å². The lowest BCUT2D eigenvalue weighted by atomic mass is 10.0. The summed E-state index contributed by atoms with van der Waals surface area (Å²) < 4.78 is 36.2. The van der Waals surface area contributed by atoms with E-state index in [-0.39, 0.29) is 39.4 Å². The van der Waals surface area contributed by atoms with E-state index in [1.165, 1.54) is 42.5 Å². The lowest BCUT2D eigenvalue weighted by Crippen LogP contribution is -2.17. The van der Waals surface area contributed by atoms with Gasteiger partial charge in [0.05, 0.1) is 10.9 Å². The molecule has 1 saturated carbocycles. The summed E-state index contributed by atoms with van der Waals surface area (Å²) >= 11 is 30.9. The molecule has 0 spiro atoms. The van der Waals surface area contributed by atoms with Crippen LogP contribution in [0.3, 0.4) is 0 Å². The van der Waals surface area contributed by atoms with Crippen molar-refractivity contribution in [2.75, 3.05) is 5.32 Å². The number of anilines is 1. The summed E-state index contributed by atoms with van der Waals surface area (Å²) in [5, 5.41) is 3.63. The zero-order valence-corrected chi connectivity index (χ0v) is 23.0. The van der Waals surface area contributed by atoms with Gasteiger partial charge in [0, 0.05) is 38.5 Å². The van der Waals surface area contributed by atoms with E-state index in [0.29, 0.717) is 26.9 Å². The average Bonchev–Trinajstić information content (AvgIpc) is 3.37. The van der Waals surface area contributed by atoms with Crippen molar-refractivity contribution >= 4 is 87.1 Å². The van der Waals surface area contributed by atoms with E-state index in [1.54, 1.807) is 18.2 Å². The van der Waals surface area contributed by atoms with Gasteiger partial charge in [-0.2, -0.15) is 13.2 Å². The minimum Gasteiger partial charge on any atom is -0.326 e. The predicted molar refractivity (Wildman–Crippen MR) is 144 cm³/mol. The number of hydrogen-bond acceptors (Lipinski definition) is 3. The predicted octanol–water partition coefficient (Wildman–Crippen LogP) is 9.21. The molecule has 37 heavy (non-hydrogen) atoms. The maximum Gasteiger partial charge on any atom is 0.446 e. The highest BCUT2D eigenvalue weighted by Crippen LogP contribution is 2.65. The molecule has 3 nitrogen and oxygen atoms in total. The molecule has 0 aromatic heterocycles. The number of thioether (sulfide) groups is 1. The quantitative estimate of drug-likeness (QED) is 0.161. The number of rotatable bonds is 7. The van der Waals surface area contributed by atoms with Gasteiger partial charge in [-0.15, -0.1) is 23.2 Å². The topological polar surface area (TPSA) is 46.2 Å². The van der Waals surface area contributed by atoms with Crippen molar-refractivity contribution < 1.29 is 22.8 Å². The summed E-state index contributed by atoms with van der Waals surface area (Å²) in [5.74, 6) is -2.18. The van der Waals surface area contributed by atoms with E-state index in [4.69, 9.17) is 58.0 Å². The first-order chi connectivity index (χ1) is 17.2. The summed E-state index contributed by atoms with van der Waals surface area (Å²) in [6.07, 6.45) is -0.0964. The maximum atomic E-state index is 13.0. The van der Waals surface area contributed by atoms with Gasteiger partial charge in [-0.05, 0) is 71.4 Å². The molecule has 1 fully saturated rings. The fourth-order valence-electron chi connectivity index (χ4n) is 3.95. The summed E-state index contributed by atoms with van der Waals surface area (Å²) in [6, 6.07) is 14.7. The molecule has 0 heterocycles. The van der Waals surface area contributed by atoms with Crippen LogP contribution in [0.2, 0.25) is 15.1 Å². The largest absolute Gasteiger partial charge is 0.446 e. The van der Waals surface area contributed by atoms with Crippen LogP contribution >= 0.6 is 69.8 Å². The second-order valence-corrected chi connectivity index (χ2v) is 12.2. The van der Waals surface area contributed by atoms with E-state index in [9.17, 15) is 22.8 Å². The molecule has 0 aliphatic heterocycles. The highest BCUT2D eigenvalue weighted by atomic mass is 35.5. The minimum atomic E-state index is -4.40. The molecule has 2 atom stereocenters. The van der Waals surface area contributed by atoms with E-state index < -0.39 is 27.6 Å². The maximum absolute atomic E-state index is 13.0. The first-order valence-corrected chi connectivity index (χ1v) is 13.3. The normalized spacial score (nSPS) is 18.4. The van der Waals surface area contributed by atoms with Crippen LogP contribution in [0.4, 0.5) is 18.9 Å². The minimum absolute atomic E-state index is 0.0134. The second kappa shape index (κ2) is 10.9. The lowest BCUT2D eigenvalue weighted by Gasteiger charge is -2.10. The van der Waals surface area contributed by atoms with Crippen molar-refractivity contribution in [1.29, 1.82) is 0 Å². The summed E-state index contributed by atoms with van der Waals surface area (Å²) in [4.78, 5) is 25.9. The van der Waals surface area contributed by atoms with Crippen molar-refractivity contribution in [2.45, 2.75) is 27.1 Å². The van der Waals surface area contributed by atoms with E-state index in [0.717, 1.165) is 0 Å². The molecule has 1 N–H and O–H groups in total. The molecule has 3 aromatic carbocycles. The van der Waals surface area contributed by atoms with Crippen molar-refractivity contribution in [3.8, 4) is 0 Å². The number of carbonyl (C=O) groups is 2. The number of halogens is 8. The molecule has 4 rings (SSSR count). The molecular weight excluding hydrogens is 613 g/mol. The molecular formula is C25H15Cl5F3NO2S. The first kappa shape index (κ1) is 28.4. The Bertz CT molecular complexity index is 1350. The third-order valence-corrected chi connectivity index (χ3v) is 8.08. The van der Waals surface area contributed by atoms with Crippen LogP contribution in [0.1, 0.15) is 27.4 Å². The number of benzene rings is 3. The van der Waals surface area contributed by atoms with Crippen LogP contribution in [0.15, 0.2) is 65.6 Å². The lowest BCUT2D eigenvalue weighted by molar-refractivity contribution is -0.117. The highest BCUT2D eigenvalue weighted by Gasteiger charge is 2.67. The van der Waals surface area contributed by atoms with Gasteiger partial charge in [0.1, 0.15) is 4.33 Å². The van der Waals surface area contributed by atoms with Crippen molar-refractivity contribution in [3.63, 3.8) is 0 Å².